The SMILES string of the molecule is O=C(c1c(O)cc(F)cc1F)N1CCCC1c1ccc[nH]1. The third-order valence-electron chi connectivity index (χ3n) is 3.74. The molecule has 0 radical (unpaired) electrons. The van der Waals surface area contributed by atoms with E-state index in [0.29, 0.717) is 12.6 Å². The topological polar surface area (TPSA) is 56.3 Å². The second kappa shape index (κ2) is 5.20. The number of amides is 1. The Morgan fingerprint density at radius 1 is 1.38 bits per heavy atom. The number of benzene rings is 1. The van der Waals surface area contributed by atoms with Crippen LogP contribution < -0.4 is 0 Å². The van der Waals surface area contributed by atoms with Crippen molar-refractivity contribution in [1.82, 2.24) is 9.88 Å². The van der Waals surface area contributed by atoms with Crippen molar-refractivity contribution in [1.29, 1.82) is 0 Å². The van der Waals surface area contributed by atoms with Crippen molar-refractivity contribution in [2.24, 2.45) is 0 Å². The summed E-state index contributed by atoms with van der Waals surface area (Å²) < 4.78 is 26.8. The number of carbonyl (C=O) groups is 1. The van der Waals surface area contributed by atoms with Crippen molar-refractivity contribution in [3.63, 3.8) is 0 Å². The second-order valence-electron chi connectivity index (χ2n) is 5.06. The van der Waals surface area contributed by atoms with E-state index in [9.17, 15) is 18.7 Å². The van der Waals surface area contributed by atoms with E-state index < -0.39 is 28.9 Å². The van der Waals surface area contributed by atoms with Crippen LogP contribution in [0.5, 0.6) is 5.75 Å². The maximum atomic E-state index is 13.8. The highest BCUT2D eigenvalue weighted by Crippen LogP contribution is 2.34. The molecule has 110 valence electrons. The van der Waals surface area contributed by atoms with Crippen LogP contribution in [0.1, 0.15) is 34.9 Å². The van der Waals surface area contributed by atoms with Gasteiger partial charge in [-0.2, -0.15) is 0 Å². The van der Waals surface area contributed by atoms with Crippen molar-refractivity contribution >= 4 is 5.91 Å². The molecule has 1 unspecified atom stereocenters. The molecule has 0 spiro atoms. The molecule has 6 heteroatoms. The highest BCUT2D eigenvalue weighted by atomic mass is 19.1. The predicted octanol–water partition coefficient (Wildman–Crippen LogP) is 2.98. The third kappa shape index (κ3) is 2.37. The summed E-state index contributed by atoms with van der Waals surface area (Å²) in [6.07, 6.45) is 3.31. The van der Waals surface area contributed by atoms with E-state index in [-0.39, 0.29) is 6.04 Å². The Kier molecular flexibility index (Phi) is 3.37. The monoisotopic (exact) mass is 292 g/mol. The molecule has 0 saturated carbocycles. The summed E-state index contributed by atoms with van der Waals surface area (Å²) in [6, 6.07) is 4.85. The molecule has 2 aromatic rings. The van der Waals surface area contributed by atoms with Gasteiger partial charge in [0.05, 0.1) is 6.04 Å². The van der Waals surface area contributed by atoms with Gasteiger partial charge in [-0.3, -0.25) is 4.79 Å². The van der Waals surface area contributed by atoms with Gasteiger partial charge >= 0.3 is 0 Å². The number of nitrogens with one attached hydrogen (secondary N) is 1. The molecule has 1 amide bonds. The van der Waals surface area contributed by atoms with E-state index in [4.69, 9.17) is 0 Å². The number of likely N-dealkylation sites (tertiary alicyclic amines) is 1. The number of halogens is 2. The van der Waals surface area contributed by atoms with Crippen molar-refractivity contribution in [2.75, 3.05) is 6.54 Å². The number of hydrogen-bond acceptors (Lipinski definition) is 2. The summed E-state index contributed by atoms with van der Waals surface area (Å²) >= 11 is 0. The van der Waals surface area contributed by atoms with E-state index in [1.54, 1.807) is 6.20 Å². The molecule has 21 heavy (non-hydrogen) atoms. The summed E-state index contributed by atoms with van der Waals surface area (Å²) in [5.41, 5.74) is 0.387. The van der Waals surface area contributed by atoms with Crippen LogP contribution in [0.2, 0.25) is 0 Å². The molecule has 1 aliphatic heterocycles. The molecule has 1 aromatic carbocycles. The number of hydrogen-bond donors (Lipinski definition) is 2. The molecule has 1 saturated heterocycles. The summed E-state index contributed by atoms with van der Waals surface area (Å²) in [7, 11) is 0. The van der Waals surface area contributed by atoms with Gasteiger partial charge in [0.2, 0.25) is 0 Å². The average Bonchev–Trinajstić information content (AvgIpc) is 3.08. The van der Waals surface area contributed by atoms with E-state index >= 15 is 0 Å². The molecule has 1 atom stereocenters. The minimum absolute atomic E-state index is 0.184. The fourth-order valence-corrected chi connectivity index (χ4v) is 2.80. The number of rotatable bonds is 2. The van der Waals surface area contributed by atoms with Gasteiger partial charge in [0.15, 0.2) is 0 Å². The quantitative estimate of drug-likeness (QED) is 0.894. The van der Waals surface area contributed by atoms with E-state index in [1.807, 2.05) is 12.1 Å². The van der Waals surface area contributed by atoms with Crippen LogP contribution in [-0.2, 0) is 0 Å². The molecule has 2 N–H and O–H groups in total. The molecule has 2 heterocycles. The Hall–Kier alpha value is -2.37. The first-order valence-corrected chi connectivity index (χ1v) is 6.70. The Morgan fingerprint density at radius 3 is 2.86 bits per heavy atom. The molecule has 0 aliphatic carbocycles. The number of aromatic hydroxyl groups is 1. The predicted molar refractivity (Wildman–Crippen MR) is 71.8 cm³/mol. The van der Waals surface area contributed by atoms with Crippen LogP contribution in [-0.4, -0.2) is 27.4 Å². The van der Waals surface area contributed by atoms with Crippen molar-refractivity contribution in [2.45, 2.75) is 18.9 Å². The van der Waals surface area contributed by atoms with Gasteiger partial charge in [-0.1, -0.05) is 0 Å². The fourth-order valence-electron chi connectivity index (χ4n) is 2.80. The van der Waals surface area contributed by atoms with Gasteiger partial charge in [-0.15, -0.1) is 0 Å². The minimum atomic E-state index is -1.05. The van der Waals surface area contributed by atoms with Crippen LogP contribution in [0.3, 0.4) is 0 Å². The van der Waals surface area contributed by atoms with Crippen LogP contribution in [0, 0.1) is 11.6 Å². The fraction of sp³-hybridized carbons (Fsp3) is 0.267. The summed E-state index contributed by atoms with van der Waals surface area (Å²) in [4.78, 5) is 17.0. The van der Waals surface area contributed by atoms with Crippen LogP contribution in [0.25, 0.3) is 0 Å². The second-order valence-corrected chi connectivity index (χ2v) is 5.06. The van der Waals surface area contributed by atoms with Gasteiger partial charge in [0, 0.05) is 30.6 Å². The molecule has 4 nitrogen and oxygen atoms in total. The third-order valence-corrected chi connectivity index (χ3v) is 3.74. The van der Waals surface area contributed by atoms with Gasteiger partial charge < -0.3 is 15.0 Å². The first kappa shape index (κ1) is 13.6. The number of phenolic OH excluding ortho intramolecular Hbond substituents is 1. The first-order chi connectivity index (χ1) is 10.1. The zero-order valence-corrected chi connectivity index (χ0v) is 11.1. The highest BCUT2D eigenvalue weighted by molar-refractivity contribution is 5.97. The summed E-state index contributed by atoms with van der Waals surface area (Å²) in [5, 5.41) is 9.68. The summed E-state index contributed by atoms with van der Waals surface area (Å²) in [5.74, 6) is -3.25. The number of aromatic amines is 1. The standard InChI is InChI=1S/C15H14F2N2O2/c16-9-7-10(17)14(13(20)8-9)15(21)19-6-2-4-12(19)11-3-1-5-18-11/h1,3,5,7-8,12,18,20H,2,4,6H2. The van der Waals surface area contributed by atoms with Gasteiger partial charge in [0.25, 0.3) is 5.91 Å². The van der Waals surface area contributed by atoms with Gasteiger partial charge in [-0.05, 0) is 25.0 Å². The van der Waals surface area contributed by atoms with Crippen molar-refractivity contribution < 1.29 is 18.7 Å². The lowest BCUT2D eigenvalue weighted by Gasteiger charge is -2.24. The maximum Gasteiger partial charge on any atom is 0.261 e. The van der Waals surface area contributed by atoms with Crippen LogP contribution in [0.4, 0.5) is 8.78 Å². The Morgan fingerprint density at radius 2 is 2.19 bits per heavy atom. The van der Waals surface area contributed by atoms with Crippen molar-refractivity contribution in [3.05, 3.63) is 53.4 Å². The number of H-pyrrole nitrogens is 1. The van der Waals surface area contributed by atoms with Gasteiger partial charge in [0.1, 0.15) is 22.9 Å². The zero-order chi connectivity index (χ0) is 15.0. The molecule has 1 fully saturated rings. The summed E-state index contributed by atoms with van der Waals surface area (Å²) in [6.45, 7) is 0.471. The highest BCUT2D eigenvalue weighted by Gasteiger charge is 2.33. The lowest BCUT2D eigenvalue weighted by Crippen LogP contribution is -2.31. The molecule has 3 rings (SSSR count). The number of aromatic nitrogens is 1. The van der Waals surface area contributed by atoms with Gasteiger partial charge in [-0.25, -0.2) is 8.78 Å². The molecule has 1 aromatic heterocycles. The Bertz CT molecular complexity index is 647. The number of phenols is 1. The minimum Gasteiger partial charge on any atom is -0.507 e. The lowest BCUT2D eigenvalue weighted by atomic mass is 10.1. The Labute approximate surface area is 120 Å². The normalized spacial score (nSPS) is 18.2. The zero-order valence-electron chi connectivity index (χ0n) is 11.1. The first-order valence-electron chi connectivity index (χ1n) is 6.70. The van der Waals surface area contributed by atoms with E-state index in [2.05, 4.69) is 4.98 Å². The lowest BCUT2D eigenvalue weighted by molar-refractivity contribution is 0.0725. The molecular formula is C15H14F2N2O2. The Balaban J connectivity index is 1.95. The van der Waals surface area contributed by atoms with Crippen LogP contribution in [0.15, 0.2) is 30.5 Å². The average molecular weight is 292 g/mol. The van der Waals surface area contributed by atoms with E-state index in [1.165, 1.54) is 4.90 Å². The van der Waals surface area contributed by atoms with Crippen LogP contribution >= 0.6 is 0 Å². The largest absolute Gasteiger partial charge is 0.507 e. The smallest absolute Gasteiger partial charge is 0.261 e. The van der Waals surface area contributed by atoms with E-state index in [0.717, 1.165) is 24.6 Å². The molecular weight excluding hydrogens is 278 g/mol. The molecule has 0 bridgehead atoms. The molecule has 1 aliphatic rings. The van der Waals surface area contributed by atoms with Crippen molar-refractivity contribution in [3.8, 4) is 5.75 Å². The maximum absolute atomic E-state index is 13.8. The number of nitrogens with zero attached hydrogens (tertiary/aromatic N) is 1. The number of carbonyl (C=O) groups excluding carboxylic acids is 1.